The molecule has 0 aromatic heterocycles. The molecule has 0 spiro atoms. The predicted octanol–water partition coefficient (Wildman–Crippen LogP) is 7.16. The molecule has 15 nitrogen and oxygen atoms in total. The number of carbonyl (C=O) groups excluding carboxylic acids is 5. The second-order valence-electron chi connectivity index (χ2n) is 15.2. The van der Waals surface area contributed by atoms with E-state index in [1.54, 1.807) is 24.3 Å². The van der Waals surface area contributed by atoms with Crippen LogP contribution in [-0.2, 0) is 32.3 Å². The van der Waals surface area contributed by atoms with Crippen LogP contribution < -0.4 is 16.1 Å². The molecule has 4 aliphatic rings. The lowest BCUT2D eigenvalue weighted by Gasteiger charge is -2.19. The van der Waals surface area contributed by atoms with Gasteiger partial charge in [0.05, 0.1) is 23.2 Å². The van der Waals surface area contributed by atoms with Crippen molar-refractivity contribution in [1.82, 2.24) is 15.7 Å². The number of nitrogens with zero attached hydrogens (tertiary/aromatic N) is 1. The quantitative estimate of drug-likeness (QED) is 0.0753. The van der Waals surface area contributed by atoms with Crippen molar-refractivity contribution in [1.29, 1.82) is 0 Å². The number of carbonyl (C=O) groups is 6. The van der Waals surface area contributed by atoms with Gasteiger partial charge in [0.25, 0.3) is 17.7 Å². The predicted molar refractivity (Wildman–Crippen MR) is 229 cm³/mol. The highest BCUT2D eigenvalue weighted by Crippen LogP contribution is 2.45. The molecule has 1 saturated heterocycles. The second-order valence-corrected chi connectivity index (χ2v) is 15.2. The van der Waals surface area contributed by atoms with Gasteiger partial charge in [-0.2, -0.15) is 0 Å². The number of phenols is 1. The molecule has 2 aliphatic heterocycles. The van der Waals surface area contributed by atoms with Gasteiger partial charge in [0, 0.05) is 53.4 Å². The number of amides is 4. The third-order valence-electron chi connectivity index (χ3n) is 11.3. The topological polar surface area (TPSA) is 219 Å². The van der Waals surface area contributed by atoms with Crippen LogP contribution >= 0.6 is 0 Å². The third-order valence-corrected chi connectivity index (χ3v) is 11.3. The number of aromatic carboxylic acids is 1. The van der Waals surface area contributed by atoms with Crippen molar-refractivity contribution in [2.45, 2.75) is 31.8 Å². The van der Waals surface area contributed by atoms with Crippen LogP contribution in [0.1, 0.15) is 72.1 Å². The molecule has 5 aromatic rings. The molecular weight excluding hydrogens is 823 g/mol. The molecule has 2 aliphatic carbocycles. The van der Waals surface area contributed by atoms with Gasteiger partial charge < -0.3 is 34.8 Å². The van der Waals surface area contributed by atoms with Crippen molar-refractivity contribution < 1.29 is 53.0 Å². The maximum atomic E-state index is 13.5. The van der Waals surface area contributed by atoms with Crippen LogP contribution in [0, 0.1) is 0 Å². The number of imide groups is 1. The molecule has 0 bridgehead atoms. The summed E-state index contributed by atoms with van der Waals surface area (Å²) in [5.74, 6) is -4.76. The highest BCUT2D eigenvalue weighted by molar-refractivity contribution is 6.10. The maximum Gasteiger partial charge on any atom is 0.407 e. The first-order chi connectivity index (χ1) is 30.9. The number of fused-ring (bicyclic) bond motifs is 5. The molecule has 64 heavy (non-hydrogen) atoms. The largest absolute Gasteiger partial charge is 0.507 e. The number of hydrogen-bond acceptors (Lipinski definition) is 11. The van der Waals surface area contributed by atoms with Crippen molar-refractivity contribution in [3.05, 3.63) is 170 Å². The van der Waals surface area contributed by atoms with Gasteiger partial charge in [-0.15, -0.1) is 5.06 Å². The summed E-state index contributed by atoms with van der Waals surface area (Å²) in [5.41, 5.74) is 5.06. The van der Waals surface area contributed by atoms with E-state index < -0.39 is 41.2 Å². The molecule has 9 rings (SSSR count). The van der Waals surface area contributed by atoms with Crippen molar-refractivity contribution in [3.63, 3.8) is 0 Å². The van der Waals surface area contributed by atoms with Gasteiger partial charge in [-0.05, 0) is 88.0 Å². The van der Waals surface area contributed by atoms with Crippen LogP contribution in [-0.4, -0.2) is 57.6 Å². The fourth-order valence-corrected chi connectivity index (χ4v) is 8.17. The Bertz CT molecular complexity index is 3060. The fourth-order valence-electron chi connectivity index (χ4n) is 8.17. The van der Waals surface area contributed by atoms with E-state index in [-0.39, 0.29) is 99.9 Å². The monoisotopic (exact) mass is 857 g/mol. The van der Waals surface area contributed by atoms with Gasteiger partial charge in [-0.3, -0.25) is 19.2 Å². The number of nitrogens with one attached hydrogen (secondary N) is 2. The van der Waals surface area contributed by atoms with Gasteiger partial charge in [0.15, 0.2) is 5.43 Å². The molecule has 0 unspecified atom stereocenters. The molecule has 0 radical (unpaired) electrons. The summed E-state index contributed by atoms with van der Waals surface area (Å²) in [7, 11) is 0. The average Bonchev–Trinajstić information content (AvgIpc) is 3.80. The van der Waals surface area contributed by atoms with Gasteiger partial charge in [0.1, 0.15) is 23.7 Å². The van der Waals surface area contributed by atoms with Gasteiger partial charge in [-0.25, -0.2) is 14.4 Å². The average molecular weight is 858 g/mol. The van der Waals surface area contributed by atoms with Crippen LogP contribution in [0.5, 0.6) is 5.75 Å². The van der Waals surface area contributed by atoms with E-state index in [0.29, 0.717) is 10.6 Å². The number of carboxylic acid groups (broad SMARTS) is 1. The summed E-state index contributed by atoms with van der Waals surface area (Å²) in [6.45, 7) is 0.0151. The molecule has 0 saturated carbocycles. The van der Waals surface area contributed by atoms with E-state index in [2.05, 4.69) is 22.8 Å². The van der Waals surface area contributed by atoms with Crippen LogP contribution in [0.25, 0.3) is 44.5 Å². The number of carboxylic acids is 1. The van der Waals surface area contributed by atoms with E-state index in [9.17, 15) is 43.8 Å². The Hall–Kier alpha value is -8.59. The van der Waals surface area contributed by atoms with Gasteiger partial charge in [0.2, 0.25) is 0 Å². The van der Waals surface area contributed by atoms with Crippen molar-refractivity contribution >= 4 is 46.7 Å². The zero-order valence-electron chi connectivity index (χ0n) is 33.6. The molecule has 0 atom stereocenters. The molecule has 5 aromatic carbocycles. The first kappa shape index (κ1) is 40.8. The van der Waals surface area contributed by atoms with E-state index in [1.807, 2.05) is 36.4 Å². The minimum atomic E-state index is -1.37. The Labute approximate surface area is 362 Å². The lowest BCUT2D eigenvalue weighted by Crippen LogP contribution is -2.32. The SMILES string of the molecule is O=C(NCc1ccc(C(=O)NCc2c(O)ccc3c(-c4cc(C(=O)ON5C(=O)CCC5=O)ccc4C(=O)O)c4ccc(=O)cc-4oc23)cc1)OCC1c2ccccc2-c2ccccc21. The number of benzene rings is 6. The van der Waals surface area contributed by atoms with Crippen LogP contribution in [0.4, 0.5) is 4.79 Å². The number of phenolic OH excluding ortho intramolecular Hbond substituents is 1. The number of hydroxylamine groups is 2. The molecule has 2 heterocycles. The van der Waals surface area contributed by atoms with Crippen LogP contribution in [0.3, 0.4) is 0 Å². The minimum Gasteiger partial charge on any atom is -0.507 e. The summed E-state index contributed by atoms with van der Waals surface area (Å²) >= 11 is 0. The van der Waals surface area contributed by atoms with Crippen LogP contribution in [0.15, 0.2) is 131 Å². The number of hydrogen-bond donors (Lipinski definition) is 4. The highest BCUT2D eigenvalue weighted by Gasteiger charge is 2.34. The summed E-state index contributed by atoms with van der Waals surface area (Å²) in [6.07, 6.45) is -0.848. The summed E-state index contributed by atoms with van der Waals surface area (Å²) in [6, 6.07) is 32.8. The first-order valence-corrected chi connectivity index (χ1v) is 20.1. The van der Waals surface area contributed by atoms with Crippen LogP contribution in [0.2, 0.25) is 0 Å². The number of aromatic hydroxyl groups is 1. The maximum absolute atomic E-state index is 13.5. The summed E-state index contributed by atoms with van der Waals surface area (Å²) in [4.78, 5) is 94.0. The third kappa shape index (κ3) is 7.66. The Morgan fingerprint density at radius 2 is 1.38 bits per heavy atom. The first-order valence-electron chi connectivity index (χ1n) is 20.1. The zero-order valence-corrected chi connectivity index (χ0v) is 33.6. The molecule has 4 amide bonds. The molecule has 1 fully saturated rings. The molecular formula is C49H35N3O12. The Kier molecular flexibility index (Phi) is 10.6. The standard InChI is InChI=1S/C49H35N3O12/c53-29-14-16-35-41(22-29)63-45-36(44(35)37-21-28(13-15-34(37)47(58)59)48(60)64-52-42(55)19-20-43(52)56)17-18-40(54)38(45)24-50-46(57)27-11-9-26(10-12-27)23-51-49(61)62-25-39-32-7-3-1-5-30(32)31-6-2-4-8-33(31)39/h1-18,21-22,39,54H,19-20,23-25H2,(H,50,57)(H,51,61)(H,58,59). The number of ether oxygens (including phenoxy) is 1. The Balaban J connectivity index is 0.926. The van der Waals surface area contributed by atoms with E-state index in [4.69, 9.17) is 14.0 Å². The highest BCUT2D eigenvalue weighted by atomic mass is 16.7. The summed E-state index contributed by atoms with van der Waals surface area (Å²) < 4.78 is 11.8. The Morgan fingerprint density at radius 1 is 0.703 bits per heavy atom. The van der Waals surface area contributed by atoms with E-state index in [0.717, 1.165) is 28.3 Å². The van der Waals surface area contributed by atoms with Gasteiger partial charge >= 0.3 is 18.0 Å². The van der Waals surface area contributed by atoms with Gasteiger partial charge in [-0.1, -0.05) is 60.7 Å². The molecule has 4 N–H and O–H groups in total. The smallest absolute Gasteiger partial charge is 0.407 e. The van der Waals surface area contributed by atoms with Crippen molar-refractivity contribution in [2.24, 2.45) is 0 Å². The van der Waals surface area contributed by atoms with E-state index in [1.165, 1.54) is 42.5 Å². The summed E-state index contributed by atoms with van der Waals surface area (Å²) in [5, 5.41) is 27.5. The number of alkyl carbamates (subject to hydrolysis) is 1. The van der Waals surface area contributed by atoms with Crippen molar-refractivity contribution in [2.75, 3.05) is 6.61 Å². The molecule has 318 valence electrons. The minimum absolute atomic E-state index is 0.000589. The molecule has 15 heteroatoms. The normalized spacial score (nSPS) is 13.2. The van der Waals surface area contributed by atoms with E-state index >= 15 is 0 Å². The zero-order chi connectivity index (χ0) is 44.6. The second kappa shape index (κ2) is 16.7. The lowest BCUT2D eigenvalue weighted by atomic mass is 9.89. The number of rotatable bonds is 11. The fraction of sp³-hybridized carbons (Fsp3) is 0.122. The van der Waals surface area contributed by atoms with Crippen molar-refractivity contribution in [3.8, 4) is 39.3 Å². The Morgan fingerprint density at radius 3 is 2.06 bits per heavy atom. The lowest BCUT2D eigenvalue weighted by molar-refractivity contribution is -0.172.